The zero-order chi connectivity index (χ0) is 8.10. The van der Waals surface area contributed by atoms with E-state index in [2.05, 4.69) is 9.98 Å². The van der Waals surface area contributed by atoms with Gasteiger partial charge in [-0.2, -0.15) is 0 Å². The monoisotopic (exact) mass is 147 g/mol. The molecule has 3 heteroatoms. The van der Waals surface area contributed by atoms with Crippen molar-refractivity contribution in [2.24, 2.45) is 4.99 Å². The highest BCUT2D eigenvalue weighted by atomic mass is 14.9. The van der Waals surface area contributed by atoms with Crippen molar-refractivity contribution < 1.29 is 0 Å². The van der Waals surface area contributed by atoms with Crippen molar-refractivity contribution in [1.29, 1.82) is 5.41 Å². The average Bonchev–Trinajstić information content (AvgIpc) is 2.03. The van der Waals surface area contributed by atoms with Crippen LogP contribution >= 0.6 is 0 Å². The highest BCUT2D eigenvalue weighted by molar-refractivity contribution is 6.28. The van der Waals surface area contributed by atoms with Crippen LogP contribution in [-0.4, -0.2) is 16.9 Å². The molecule has 0 atom stereocenters. The van der Waals surface area contributed by atoms with Crippen LogP contribution in [0.5, 0.6) is 0 Å². The molecule has 0 fully saturated rings. The lowest BCUT2D eigenvalue weighted by molar-refractivity contribution is 1.28. The standard InChI is InChI=1S/C8H9N3/c1-7(9)6-11-8-4-2-3-5-10-8/h2-6,9H,1H3. The number of nitrogens with zero attached hydrogens (tertiary/aromatic N) is 2. The van der Waals surface area contributed by atoms with Gasteiger partial charge in [0, 0.05) is 18.1 Å². The largest absolute Gasteiger partial charge is 0.304 e. The van der Waals surface area contributed by atoms with Gasteiger partial charge in [0.2, 0.25) is 0 Å². The number of nitrogens with one attached hydrogen (secondary N) is 1. The van der Waals surface area contributed by atoms with E-state index in [0.29, 0.717) is 11.5 Å². The predicted molar refractivity (Wildman–Crippen MR) is 45.8 cm³/mol. The number of hydrogen-bond donors (Lipinski definition) is 1. The minimum Gasteiger partial charge on any atom is -0.304 e. The van der Waals surface area contributed by atoms with Crippen LogP contribution in [-0.2, 0) is 0 Å². The lowest BCUT2D eigenvalue weighted by atomic mass is 10.4. The Balaban J connectivity index is 2.72. The summed E-state index contributed by atoms with van der Waals surface area (Å²) in [6.45, 7) is 1.67. The lowest BCUT2D eigenvalue weighted by Gasteiger charge is -1.88. The minimum atomic E-state index is 0.427. The Bertz CT molecular complexity index is 264. The molecule has 0 amide bonds. The predicted octanol–water partition coefficient (Wildman–Crippen LogP) is 1.82. The number of aromatic nitrogens is 1. The molecule has 0 aromatic carbocycles. The summed E-state index contributed by atoms with van der Waals surface area (Å²) in [6.07, 6.45) is 3.15. The number of rotatable bonds is 2. The van der Waals surface area contributed by atoms with Crippen LogP contribution in [0.2, 0.25) is 0 Å². The number of aliphatic imine (C=N–C) groups is 1. The molecule has 1 rings (SSSR count). The van der Waals surface area contributed by atoms with E-state index < -0.39 is 0 Å². The van der Waals surface area contributed by atoms with E-state index in [0.717, 1.165) is 0 Å². The van der Waals surface area contributed by atoms with Gasteiger partial charge in [-0.3, -0.25) is 0 Å². The van der Waals surface area contributed by atoms with Crippen molar-refractivity contribution in [3.63, 3.8) is 0 Å². The molecular formula is C8H9N3. The van der Waals surface area contributed by atoms with Crippen LogP contribution < -0.4 is 0 Å². The first kappa shape index (κ1) is 7.60. The second-order valence-electron chi connectivity index (χ2n) is 2.13. The van der Waals surface area contributed by atoms with Gasteiger partial charge in [-0.1, -0.05) is 6.07 Å². The van der Waals surface area contributed by atoms with Crippen LogP contribution in [0, 0.1) is 5.41 Å². The molecule has 56 valence electrons. The van der Waals surface area contributed by atoms with Crippen molar-refractivity contribution in [3.8, 4) is 0 Å². The van der Waals surface area contributed by atoms with E-state index >= 15 is 0 Å². The molecule has 11 heavy (non-hydrogen) atoms. The van der Waals surface area contributed by atoms with Gasteiger partial charge < -0.3 is 5.41 Å². The van der Waals surface area contributed by atoms with Gasteiger partial charge >= 0.3 is 0 Å². The Morgan fingerprint density at radius 1 is 1.64 bits per heavy atom. The summed E-state index contributed by atoms with van der Waals surface area (Å²) < 4.78 is 0. The zero-order valence-corrected chi connectivity index (χ0v) is 6.28. The van der Waals surface area contributed by atoms with E-state index in [1.54, 1.807) is 19.2 Å². The number of hydrogen-bond acceptors (Lipinski definition) is 3. The van der Waals surface area contributed by atoms with Crippen LogP contribution in [0.25, 0.3) is 0 Å². The summed E-state index contributed by atoms with van der Waals surface area (Å²) in [4.78, 5) is 7.90. The van der Waals surface area contributed by atoms with E-state index in [4.69, 9.17) is 5.41 Å². The third-order valence-corrected chi connectivity index (χ3v) is 1.04. The molecule has 0 saturated carbocycles. The summed E-state index contributed by atoms with van der Waals surface area (Å²) in [5.41, 5.74) is 0.427. The first-order valence-corrected chi connectivity index (χ1v) is 3.29. The molecular weight excluding hydrogens is 138 g/mol. The maximum atomic E-state index is 7.07. The third kappa shape index (κ3) is 2.71. The molecule has 0 aliphatic rings. The maximum Gasteiger partial charge on any atom is 0.151 e. The second-order valence-corrected chi connectivity index (χ2v) is 2.13. The first-order chi connectivity index (χ1) is 5.29. The second kappa shape index (κ2) is 3.61. The summed E-state index contributed by atoms with van der Waals surface area (Å²) in [6, 6.07) is 5.48. The lowest BCUT2D eigenvalue weighted by Crippen LogP contribution is -1.87. The Kier molecular flexibility index (Phi) is 2.49. The summed E-state index contributed by atoms with van der Waals surface area (Å²) in [5.74, 6) is 0.638. The fraction of sp³-hybridized carbons (Fsp3) is 0.125. The maximum absolute atomic E-state index is 7.07. The Morgan fingerprint density at radius 3 is 3.00 bits per heavy atom. The highest BCUT2D eigenvalue weighted by Gasteiger charge is 1.84. The van der Waals surface area contributed by atoms with Gasteiger partial charge in [0.15, 0.2) is 5.82 Å². The fourth-order valence-electron chi connectivity index (χ4n) is 0.593. The quantitative estimate of drug-likeness (QED) is 0.637. The van der Waals surface area contributed by atoms with E-state index in [9.17, 15) is 0 Å². The van der Waals surface area contributed by atoms with Gasteiger partial charge in [0.05, 0.1) is 0 Å². The van der Waals surface area contributed by atoms with Crippen molar-refractivity contribution in [3.05, 3.63) is 24.4 Å². The van der Waals surface area contributed by atoms with Gasteiger partial charge in [-0.25, -0.2) is 9.98 Å². The summed E-state index contributed by atoms with van der Waals surface area (Å²) in [7, 11) is 0. The average molecular weight is 147 g/mol. The molecule has 0 aliphatic carbocycles. The van der Waals surface area contributed by atoms with Crippen LogP contribution in [0.15, 0.2) is 29.4 Å². The molecule has 1 aromatic rings. The van der Waals surface area contributed by atoms with E-state index in [1.165, 1.54) is 6.21 Å². The Labute approximate surface area is 65.3 Å². The topological polar surface area (TPSA) is 49.1 Å². The molecule has 0 spiro atoms. The molecule has 1 aromatic heterocycles. The van der Waals surface area contributed by atoms with E-state index in [-0.39, 0.29) is 0 Å². The van der Waals surface area contributed by atoms with Crippen molar-refractivity contribution in [2.45, 2.75) is 6.92 Å². The van der Waals surface area contributed by atoms with E-state index in [1.807, 2.05) is 12.1 Å². The van der Waals surface area contributed by atoms with Gasteiger partial charge in [-0.05, 0) is 19.1 Å². The number of pyridine rings is 1. The normalized spacial score (nSPS) is 10.3. The van der Waals surface area contributed by atoms with Crippen molar-refractivity contribution in [2.75, 3.05) is 0 Å². The summed E-state index contributed by atoms with van der Waals surface area (Å²) >= 11 is 0. The van der Waals surface area contributed by atoms with Crippen molar-refractivity contribution in [1.82, 2.24) is 4.98 Å². The first-order valence-electron chi connectivity index (χ1n) is 3.29. The summed E-state index contributed by atoms with van der Waals surface area (Å²) in [5, 5.41) is 7.07. The highest BCUT2D eigenvalue weighted by Crippen LogP contribution is 2.02. The van der Waals surface area contributed by atoms with Gasteiger partial charge in [0.1, 0.15) is 0 Å². The molecule has 0 aliphatic heterocycles. The Hall–Kier alpha value is -1.51. The molecule has 1 heterocycles. The zero-order valence-electron chi connectivity index (χ0n) is 6.28. The molecule has 0 radical (unpaired) electrons. The van der Waals surface area contributed by atoms with Crippen LogP contribution in [0.3, 0.4) is 0 Å². The minimum absolute atomic E-state index is 0.427. The third-order valence-electron chi connectivity index (χ3n) is 1.04. The van der Waals surface area contributed by atoms with Crippen molar-refractivity contribution >= 4 is 17.7 Å². The van der Waals surface area contributed by atoms with Gasteiger partial charge in [-0.15, -0.1) is 0 Å². The van der Waals surface area contributed by atoms with Gasteiger partial charge in [0.25, 0.3) is 0 Å². The SMILES string of the molecule is CC(=N)C=Nc1ccccn1. The fourth-order valence-corrected chi connectivity index (χ4v) is 0.593. The molecule has 0 bridgehead atoms. The molecule has 0 unspecified atom stereocenters. The Morgan fingerprint density at radius 2 is 2.45 bits per heavy atom. The van der Waals surface area contributed by atoms with Crippen LogP contribution in [0.4, 0.5) is 5.82 Å². The van der Waals surface area contributed by atoms with Crippen LogP contribution in [0.1, 0.15) is 6.92 Å². The molecule has 0 saturated heterocycles. The molecule has 3 nitrogen and oxygen atoms in total. The smallest absolute Gasteiger partial charge is 0.151 e. The molecule has 1 N–H and O–H groups in total.